The number of pyridine rings is 1. The van der Waals surface area contributed by atoms with Crippen molar-refractivity contribution >= 4 is 5.65 Å². The van der Waals surface area contributed by atoms with E-state index in [4.69, 9.17) is 9.47 Å². The molecule has 0 aliphatic carbocycles. The zero-order chi connectivity index (χ0) is 10.1. The van der Waals surface area contributed by atoms with Crippen molar-refractivity contribution in [3.8, 4) is 11.5 Å². The molecular weight excluding hydrogens is 180 g/mol. The number of fused-ring (bicyclic) bond motifs is 1. The monoisotopic (exact) mass is 192 g/mol. The number of aromatic nitrogens is 2. The molecule has 0 radical (unpaired) electrons. The smallest absolute Gasteiger partial charge is 0.177 e. The lowest BCUT2D eigenvalue weighted by Crippen LogP contribution is -1.95. The predicted octanol–water partition coefficient (Wildman–Crippen LogP) is 1.66. The van der Waals surface area contributed by atoms with Gasteiger partial charge < -0.3 is 13.9 Å². The first-order valence-corrected chi connectivity index (χ1v) is 4.32. The second-order valence-corrected chi connectivity index (χ2v) is 3.04. The van der Waals surface area contributed by atoms with Crippen molar-refractivity contribution in [3.63, 3.8) is 0 Å². The lowest BCUT2D eigenvalue weighted by Gasteiger charge is -2.07. The van der Waals surface area contributed by atoms with Crippen LogP contribution in [0.15, 0.2) is 18.5 Å². The Hall–Kier alpha value is -1.71. The van der Waals surface area contributed by atoms with Crippen LogP contribution in [-0.4, -0.2) is 23.6 Å². The second kappa shape index (κ2) is 3.21. The van der Waals surface area contributed by atoms with Crippen molar-refractivity contribution in [1.29, 1.82) is 0 Å². The first kappa shape index (κ1) is 8.87. The first-order valence-electron chi connectivity index (χ1n) is 4.32. The van der Waals surface area contributed by atoms with E-state index >= 15 is 0 Å². The van der Waals surface area contributed by atoms with Crippen molar-refractivity contribution in [2.24, 2.45) is 0 Å². The van der Waals surface area contributed by atoms with Crippen molar-refractivity contribution in [3.05, 3.63) is 24.2 Å². The summed E-state index contributed by atoms with van der Waals surface area (Å²) in [6.07, 6.45) is 3.69. The van der Waals surface area contributed by atoms with Crippen LogP contribution >= 0.6 is 0 Å². The number of hydrogen-bond donors (Lipinski definition) is 0. The molecule has 4 nitrogen and oxygen atoms in total. The van der Waals surface area contributed by atoms with Gasteiger partial charge >= 0.3 is 0 Å². The number of rotatable bonds is 2. The molecule has 0 aliphatic rings. The molecule has 0 amide bonds. The number of methoxy groups -OCH3 is 2. The van der Waals surface area contributed by atoms with Gasteiger partial charge in [0.25, 0.3) is 0 Å². The van der Waals surface area contributed by atoms with Crippen LogP contribution in [0.5, 0.6) is 11.5 Å². The highest BCUT2D eigenvalue weighted by atomic mass is 16.5. The maximum atomic E-state index is 5.20. The third-order valence-corrected chi connectivity index (χ3v) is 2.20. The molecule has 2 aromatic heterocycles. The molecule has 74 valence electrons. The lowest BCUT2D eigenvalue weighted by molar-refractivity contribution is 0.353. The van der Waals surface area contributed by atoms with E-state index in [1.165, 1.54) is 0 Å². The third-order valence-electron chi connectivity index (χ3n) is 2.20. The Labute approximate surface area is 82.1 Å². The summed E-state index contributed by atoms with van der Waals surface area (Å²) >= 11 is 0. The molecule has 0 aliphatic heterocycles. The summed E-state index contributed by atoms with van der Waals surface area (Å²) in [5.74, 6) is 1.41. The van der Waals surface area contributed by atoms with Crippen LogP contribution in [0.3, 0.4) is 0 Å². The minimum absolute atomic E-state index is 0.700. The minimum Gasteiger partial charge on any atom is -0.493 e. The average Bonchev–Trinajstić information content (AvgIpc) is 2.58. The van der Waals surface area contributed by atoms with Gasteiger partial charge in [-0.2, -0.15) is 0 Å². The molecule has 0 bridgehead atoms. The first-order chi connectivity index (χ1) is 6.76. The molecule has 0 unspecified atom stereocenters. The van der Waals surface area contributed by atoms with Crippen molar-refractivity contribution < 1.29 is 9.47 Å². The fourth-order valence-electron chi connectivity index (χ4n) is 1.42. The lowest BCUT2D eigenvalue weighted by atomic mass is 10.4. The summed E-state index contributed by atoms with van der Waals surface area (Å²) in [6.45, 7) is 1.99. The Balaban J connectivity index is 2.71. The normalized spacial score (nSPS) is 10.5. The van der Waals surface area contributed by atoms with Gasteiger partial charge in [0.15, 0.2) is 11.5 Å². The molecule has 0 spiro atoms. The molecule has 0 saturated heterocycles. The fraction of sp³-hybridized carbons (Fsp3) is 0.300. The molecule has 0 aromatic carbocycles. The van der Waals surface area contributed by atoms with E-state index < -0.39 is 0 Å². The van der Waals surface area contributed by atoms with E-state index in [-0.39, 0.29) is 0 Å². The zero-order valence-corrected chi connectivity index (χ0v) is 8.44. The molecule has 0 fully saturated rings. The van der Waals surface area contributed by atoms with Gasteiger partial charge in [-0.1, -0.05) is 0 Å². The Kier molecular flexibility index (Phi) is 2.04. The Morgan fingerprint density at radius 2 is 1.93 bits per heavy atom. The molecule has 4 heteroatoms. The van der Waals surface area contributed by atoms with Crippen LogP contribution in [0.2, 0.25) is 0 Å². The molecule has 2 rings (SSSR count). The minimum atomic E-state index is 0.700. The van der Waals surface area contributed by atoms with Crippen LogP contribution in [0.4, 0.5) is 0 Å². The van der Waals surface area contributed by atoms with Crippen LogP contribution in [0, 0.1) is 6.92 Å². The standard InChI is InChI=1S/C10H12N2O2/c1-7-5-11-10-4-8(13-2)9(14-3)6-12(7)10/h4-6H,1-3H3. The van der Waals surface area contributed by atoms with E-state index in [0.29, 0.717) is 11.5 Å². The topological polar surface area (TPSA) is 35.8 Å². The van der Waals surface area contributed by atoms with Crippen LogP contribution in [0.1, 0.15) is 5.69 Å². The van der Waals surface area contributed by atoms with Crippen molar-refractivity contribution in [2.45, 2.75) is 6.92 Å². The number of hydrogen-bond acceptors (Lipinski definition) is 3. The summed E-state index contributed by atoms with van der Waals surface area (Å²) in [5.41, 5.74) is 1.93. The summed E-state index contributed by atoms with van der Waals surface area (Å²) < 4.78 is 12.3. The molecule has 0 N–H and O–H groups in total. The van der Waals surface area contributed by atoms with Gasteiger partial charge in [0.2, 0.25) is 0 Å². The Morgan fingerprint density at radius 1 is 1.21 bits per heavy atom. The predicted molar refractivity (Wildman–Crippen MR) is 53.0 cm³/mol. The zero-order valence-electron chi connectivity index (χ0n) is 8.44. The third kappa shape index (κ3) is 1.19. The maximum Gasteiger partial charge on any atom is 0.177 e. The highest BCUT2D eigenvalue weighted by Crippen LogP contribution is 2.27. The average molecular weight is 192 g/mol. The van der Waals surface area contributed by atoms with E-state index in [0.717, 1.165) is 11.3 Å². The van der Waals surface area contributed by atoms with Gasteiger partial charge in [0.1, 0.15) is 5.65 Å². The van der Waals surface area contributed by atoms with E-state index in [9.17, 15) is 0 Å². The van der Waals surface area contributed by atoms with Gasteiger partial charge in [0, 0.05) is 18.0 Å². The molecular formula is C10H12N2O2. The van der Waals surface area contributed by atoms with Gasteiger partial charge in [0.05, 0.1) is 20.4 Å². The highest BCUT2D eigenvalue weighted by Gasteiger charge is 2.07. The van der Waals surface area contributed by atoms with Crippen LogP contribution < -0.4 is 9.47 Å². The van der Waals surface area contributed by atoms with Crippen LogP contribution in [0.25, 0.3) is 5.65 Å². The quantitative estimate of drug-likeness (QED) is 0.726. The van der Waals surface area contributed by atoms with Gasteiger partial charge in [-0.05, 0) is 6.92 Å². The summed E-state index contributed by atoms with van der Waals surface area (Å²) in [7, 11) is 3.24. The molecule has 14 heavy (non-hydrogen) atoms. The number of aryl methyl sites for hydroxylation is 1. The summed E-state index contributed by atoms with van der Waals surface area (Å²) in [6, 6.07) is 1.85. The number of imidazole rings is 1. The number of ether oxygens (including phenoxy) is 2. The highest BCUT2D eigenvalue weighted by molar-refractivity contribution is 5.52. The van der Waals surface area contributed by atoms with E-state index in [2.05, 4.69) is 4.98 Å². The van der Waals surface area contributed by atoms with Crippen LogP contribution in [-0.2, 0) is 0 Å². The van der Waals surface area contributed by atoms with E-state index in [1.807, 2.05) is 29.8 Å². The van der Waals surface area contributed by atoms with E-state index in [1.54, 1.807) is 14.2 Å². The van der Waals surface area contributed by atoms with Gasteiger partial charge in [-0.25, -0.2) is 4.98 Å². The summed E-state index contributed by atoms with van der Waals surface area (Å²) in [4.78, 5) is 4.23. The number of nitrogens with zero attached hydrogens (tertiary/aromatic N) is 2. The van der Waals surface area contributed by atoms with Crippen molar-refractivity contribution in [1.82, 2.24) is 9.38 Å². The molecule has 2 aromatic rings. The molecule has 0 atom stereocenters. The SMILES string of the molecule is COc1cc2ncc(C)n2cc1OC. The maximum absolute atomic E-state index is 5.20. The van der Waals surface area contributed by atoms with Gasteiger partial charge in [-0.15, -0.1) is 0 Å². The fourth-order valence-corrected chi connectivity index (χ4v) is 1.42. The van der Waals surface area contributed by atoms with Crippen molar-refractivity contribution in [2.75, 3.05) is 14.2 Å². The largest absolute Gasteiger partial charge is 0.493 e. The van der Waals surface area contributed by atoms with Gasteiger partial charge in [-0.3, -0.25) is 0 Å². The second-order valence-electron chi connectivity index (χ2n) is 3.04. The Bertz CT molecular complexity index is 462. The molecule has 0 saturated carbocycles. The molecule has 2 heterocycles. The summed E-state index contributed by atoms with van der Waals surface area (Å²) in [5, 5.41) is 0. The Morgan fingerprint density at radius 3 is 2.57 bits per heavy atom.